The van der Waals surface area contributed by atoms with Crippen LogP contribution in [0.2, 0.25) is 0 Å². The molecule has 0 saturated carbocycles. The number of amides is 1. The molecule has 9 heteroatoms. The first-order valence-corrected chi connectivity index (χ1v) is 11.3. The van der Waals surface area contributed by atoms with E-state index in [1.165, 1.54) is 31.7 Å². The fourth-order valence-electron chi connectivity index (χ4n) is 3.98. The van der Waals surface area contributed by atoms with Crippen molar-refractivity contribution in [2.75, 3.05) is 34.3 Å². The zero-order chi connectivity index (χ0) is 21.8. The van der Waals surface area contributed by atoms with E-state index >= 15 is 0 Å². The van der Waals surface area contributed by atoms with Crippen molar-refractivity contribution in [2.45, 2.75) is 23.6 Å². The summed E-state index contributed by atoms with van der Waals surface area (Å²) in [6, 6.07) is 12.7. The van der Waals surface area contributed by atoms with E-state index in [2.05, 4.69) is 15.6 Å². The minimum absolute atomic E-state index is 0.148. The zero-order valence-electron chi connectivity index (χ0n) is 17.5. The van der Waals surface area contributed by atoms with Crippen molar-refractivity contribution in [1.82, 2.24) is 19.9 Å². The molecule has 3 rings (SSSR count). The third-order valence-electron chi connectivity index (χ3n) is 5.62. The normalized spacial score (nSPS) is 17.3. The third kappa shape index (κ3) is 4.19. The molecule has 8 nitrogen and oxygen atoms in total. The van der Waals surface area contributed by atoms with Gasteiger partial charge in [0.05, 0.1) is 7.11 Å². The SMILES string of the molecule is COc1ncccc1C(=O)NC(C1(c2ccccc2)CCNCC1)S(=O)(=O)N(C)C. The van der Waals surface area contributed by atoms with Gasteiger partial charge in [-0.3, -0.25) is 4.79 Å². The van der Waals surface area contributed by atoms with Gasteiger partial charge in [0.1, 0.15) is 5.56 Å². The molecule has 2 heterocycles. The molecular weight excluding hydrogens is 404 g/mol. The predicted octanol–water partition coefficient (Wildman–Crippen LogP) is 1.36. The molecule has 1 aromatic carbocycles. The van der Waals surface area contributed by atoms with Crippen LogP contribution in [0.3, 0.4) is 0 Å². The molecule has 1 fully saturated rings. The first kappa shape index (κ1) is 22.2. The summed E-state index contributed by atoms with van der Waals surface area (Å²) < 4.78 is 33.3. The maximum atomic E-state index is 13.5. The summed E-state index contributed by atoms with van der Waals surface area (Å²) in [7, 11) is 0.537. The van der Waals surface area contributed by atoms with Crippen molar-refractivity contribution in [1.29, 1.82) is 0 Å². The zero-order valence-corrected chi connectivity index (χ0v) is 18.3. The lowest BCUT2D eigenvalue weighted by molar-refractivity contribution is 0.0920. The molecule has 0 bridgehead atoms. The second kappa shape index (κ2) is 9.11. The van der Waals surface area contributed by atoms with Gasteiger partial charge in [0.2, 0.25) is 15.9 Å². The number of rotatable bonds is 7. The van der Waals surface area contributed by atoms with E-state index < -0.39 is 26.7 Å². The van der Waals surface area contributed by atoms with E-state index in [1.54, 1.807) is 12.1 Å². The molecule has 1 aromatic heterocycles. The van der Waals surface area contributed by atoms with Crippen molar-refractivity contribution >= 4 is 15.9 Å². The van der Waals surface area contributed by atoms with Crippen molar-refractivity contribution in [3.63, 3.8) is 0 Å². The lowest BCUT2D eigenvalue weighted by Gasteiger charge is -2.44. The smallest absolute Gasteiger partial charge is 0.257 e. The first-order chi connectivity index (χ1) is 14.3. The lowest BCUT2D eigenvalue weighted by atomic mass is 9.72. The van der Waals surface area contributed by atoms with E-state index in [0.717, 1.165) is 5.56 Å². The van der Waals surface area contributed by atoms with Crippen LogP contribution >= 0.6 is 0 Å². The molecule has 0 spiro atoms. The molecule has 1 amide bonds. The first-order valence-electron chi connectivity index (χ1n) is 9.80. The summed E-state index contributed by atoms with van der Waals surface area (Å²) in [5.41, 5.74) is 0.303. The van der Waals surface area contributed by atoms with Crippen LogP contribution in [0, 0.1) is 0 Å². The second-order valence-electron chi connectivity index (χ2n) is 7.51. The lowest BCUT2D eigenvalue weighted by Crippen LogP contribution is -2.60. The van der Waals surface area contributed by atoms with Gasteiger partial charge in [0.25, 0.3) is 5.91 Å². The highest BCUT2D eigenvalue weighted by Crippen LogP contribution is 2.40. The van der Waals surface area contributed by atoms with Gasteiger partial charge in [-0.25, -0.2) is 17.7 Å². The quantitative estimate of drug-likeness (QED) is 0.685. The summed E-state index contributed by atoms with van der Waals surface area (Å²) in [6.07, 6.45) is 2.65. The molecule has 0 radical (unpaired) electrons. The van der Waals surface area contributed by atoms with Gasteiger partial charge in [-0.2, -0.15) is 0 Å². The summed E-state index contributed by atoms with van der Waals surface area (Å²) in [5, 5.41) is 4.97. The standard InChI is InChI=1S/C21H28N4O4S/c1-25(2)30(27,28)20(24-18(26)17-10-7-13-23-19(17)29-3)21(11-14-22-15-12-21)16-8-5-4-6-9-16/h4-10,13,20,22H,11-12,14-15H2,1-3H3,(H,24,26). The average molecular weight is 433 g/mol. The van der Waals surface area contributed by atoms with E-state index in [-0.39, 0.29) is 11.4 Å². The number of aromatic nitrogens is 1. The third-order valence-corrected chi connectivity index (χ3v) is 7.81. The van der Waals surface area contributed by atoms with Gasteiger partial charge in [-0.05, 0) is 43.6 Å². The topological polar surface area (TPSA) is 101 Å². The van der Waals surface area contributed by atoms with E-state index in [1.807, 2.05) is 30.3 Å². The van der Waals surface area contributed by atoms with Crippen LogP contribution in [0.5, 0.6) is 5.88 Å². The largest absolute Gasteiger partial charge is 0.480 e. The molecule has 0 aliphatic carbocycles. The Kier molecular flexibility index (Phi) is 6.74. The molecule has 1 atom stereocenters. The van der Waals surface area contributed by atoms with E-state index in [0.29, 0.717) is 25.9 Å². The number of nitrogens with zero attached hydrogens (tertiary/aromatic N) is 2. The number of carbonyl (C=O) groups is 1. The minimum atomic E-state index is -3.86. The van der Waals surface area contributed by atoms with Crippen molar-refractivity contribution in [3.8, 4) is 5.88 Å². The molecule has 2 aromatic rings. The minimum Gasteiger partial charge on any atom is -0.480 e. The maximum absolute atomic E-state index is 13.5. The monoisotopic (exact) mass is 432 g/mol. The Morgan fingerprint density at radius 2 is 1.83 bits per heavy atom. The van der Waals surface area contributed by atoms with Crippen LogP contribution in [-0.4, -0.2) is 63.3 Å². The van der Waals surface area contributed by atoms with E-state index in [4.69, 9.17) is 4.74 Å². The number of pyridine rings is 1. The highest BCUT2D eigenvalue weighted by Gasteiger charge is 2.49. The Bertz CT molecular complexity index is 974. The van der Waals surface area contributed by atoms with Crippen LogP contribution in [0.4, 0.5) is 0 Å². The van der Waals surface area contributed by atoms with Crippen LogP contribution < -0.4 is 15.4 Å². The molecule has 1 aliphatic heterocycles. The number of nitrogens with one attached hydrogen (secondary N) is 2. The number of carbonyl (C=O) groups excluding carboxylic acids is 1. The van der Waals surface area contributed by atoms with Gasteiger partial charge >= 0.3 is 0 Å². The molecular formula is C21H28N4O4S. The number of methoxy groups -OCH3 is 1. The Morgan fingerprint density at radius 1 is 1.17 bits per heavy atom. The van der Waals surface area contributed by atoms with Gasteiger partial charge < -0.3 is 15.4 Å². The molecule has 1 aliphatic rings. The fourth-order valence-corrected chi connectivity index (χ4v) is 5.60. The number of hydrogen-bond donors (Lipinski definition) is 2. The van der Waals surface area contributed by atoms with Crippen molar-refractivity contribution in [2.24, 2.45) is 0 Å². The van der Waals surface area contributed by atoms with E-state index in [9.17, 15) is 13.2 Å². The Labute approximate surface area is 177 Å². The molecule has 2 N–H and O–H groups in total. The summed E-state index contributed by atoms with van der Waals surface area (Å²) >= 11 is 0. The highest BCUT2D eigenvalue weighted by molar-refractivity contribution is 7.89. The van der Waals surface area contributed by atoms with Crippen molar-refractivity contribution < 1.29 is 17.9 Å². The molecule has 1 saturated heterocycles. The van der Waals surface area contributed by atoms with Crippen molar-refractivity contribution in [3.05, 3.63) is 59.8 Å². The van der Waals surface area contributed by atoms with Gasteiger partial charge in [0, 0.05) is 25.7 Å². The van der Waals surface area contributed by atoms with Gasteiger partial charge in [-0.1, -0.05) is 30.3 Å². The van der Waals surface area contributed by atoms with Crippen LogP contribution in [-0.2, 0) is 15.4 Å². The average Bonchev–Trinajstić information content (AvgIpc) is 2.78. The number of sulfonamides is 1. The Hall–Kier alpha value is -2.49. The Balaban J connectivity index is 2.11. The molecule has 1 unspecified atom stereocenters. The van der Waals surface area contributed by atoms with Gasteiger partial charge in [-0.15, -0.1) is 0 Å². The maximum Gasteiger partial charge on any atom is 0.257 e. The highest BCUT2D eigenvalue weighted by atomic mass is 32.2. The second-order valence-corrected chi connectivity index (χ2v) is 9.74. The molecule has 30 heavy (non-hydrogen) atoms. The van der Waals surface area contributed by atoms with Crippen LogP contribution in [0.25, 0.3) is 0 Å². The predicted molar refractivity (Wildman–Crippen MR) is 115 cm³/mol. The van der Waals surface area contributed by atoms with Gasteiger partial charge in [0.15, 0.2) is 5.37 Å². The number of hydrogen-bond acceptors (Lipinski definition) is 6. The fraction of sp³-hybridized carbons (Fsp3) is 0.429. The van der Waals surface area contributed by atoms with Crippen LogP contribution in [0.15, 0.2) is 48.7 Å². The number of piperidine rings is 1. The number of ether oxygens (including phenoxy) is 1. The summed E-state index contributed by atoms with van der Waals surface area (Å²) in [5.74, 6) is -0.390. The summed E-state index contributed by atoms with van der Waals surface area (Å²) in [4.78, 5) is 17.2. The summed E-state index contributed by atoms with van der Waals surface area (Å²) in [6.45, 7) is 1.31. The molecule has 162 valence electrons. The number of benzene rings is 1. The van der Waals surface area contributed by atoms with Crippen LogP contribution in [0.1, 0.15) is 28.8 Å². The Morgan fingerprint density at radius 3 is 2.43 bits per heavy atom.